The minimum Gasteiger partial charge on any atom is -0.326 e. The Kier molecular flexibility index (Phi) is 3.39. The highest BCUT2D eigenvalue weighted by Gasteiger charge is 2.28. The summed E-state index contributed by atoms with van der Waals surface area (Å²) in [6, 6.07) is 7.82. The first-order valence-electron chi connectivity index (χ1n) is 5.23. The predicted molar refractivity (Wildman–Crippen MR) is 68.3 cm³/mol. The molecule has 1 aliphatic heterocycles. The van der Waals surface area contributed by atoms with E-state index < -0.39 is 11.0 Å². The fourth-order valence-electron chi connectivity index (χ4n) is 1.43. The molecule has 0 aliphatic carbocycles. The standard InChI is InChI=1S/C11H16N2OS2/c1-11(2,12)7-8-13-15-9-5-3-4-6-10(9)16(13)14/h3-6H,7-8,12H2,1-2H3. The van der Waals surface area contributed by atoms with Gasteiger partial charge < -0.3 is 5.73 Å². The van der Waals surface area contributed by atoms with Crippen LogP contribution in [0.2, 0.25) is 0 Å². The highest BCUT2D eigenvalue weighted by molar-refractivity contribution is 8.08. The summed E-state index contributed by atoms with van der Waals surface area (Å²) < 4.78 is 14.0. The van der Waals surface area contributed by atoms with E-state index >= 15 is 0 Å². The predicted octanol–water partition coefficient (Wildman–Crippen LogP) is 2.16. The average Bonchev–Trinajstić information content (AvgIpc) is 2.53. The summed E-state index contributed by atoms with van der Waals surface area (Å²) in [7, 11) is -1.03. The van der Waals surface area contributed by atoms with E-state index in [1.165, 1.54) is 0 Å². The van der Waals surface area contributed by atoms with Crippen molar-refractivity contribution in [1.29, 1.82) is 0 Å². The van der Waals surface area contributed by atoms with Gasteiger partial charge in [0.15, 0.2) is 0 Å². The molecule has 0 spiro atoms. The molecule has 1 aliphatic rings. The molecule has 16 heavy (non-hydrogen) atoms. The van der Waals surface area contributed by atoms with Gasteiger partial charge in [-0.3, -0.25) is 0 Å². The Morgan fingerprint density at radius 1 is 1.44 bits per heavy atom. The highest BCUT2D eigenvalue weighted by atomic mass is 32.2. The minimum absolute atomic E-state index is 0.209. The summed E-state index contributed by atoms with van der Waals surface area (Å²) in [5, 5.41) is 0. The van der Waals surface area contributed by atoms with Gasteiger partial charge in [0.2, 0.25) is 0 Å². The van der Waals surface area contributed by atoms with Crippen LogP contribution in [0.1, 0.15) is 20.3 Å². The summed E-state index contributed by atoms with van der Waals surface area (Å²) in [6.45, 7) is 4.73. The van der Waals surface area contributed by atoms with Gasteiger partial charge in [0.25, 0.3) is 0 Å². The van der Waals surface area contributed by atoms with Gasteiger partial charge in [-0.05, 0) is 44.3 Å². The zero-order valence-electron chi connectivity index (χ0n) is 9.47. The Balaban J connectivity index is 2.05. The lowest BCUT2D eigenvalue weighted by molar-refractivity contribution is 0.449. The first-order chi connectivity index (χ1) is 7.47. The van der Waals surface area contributed by atoms with Crippen molar-refractivity contribution in [2.24, 2.45) is 5.73 Å². The smallest absolute Gasteiger partial charge is 0.139 e. The van der Waals surface area contributed by atoms with Crippen molar-refractivity contribution < 1.29 is 4.21 Å². The van der Waals surface area contributed by atoms with Gasteiger partial charge >= 0.3 is 0 Å². The maximum atomic E-state index is 12.1. The van der Waals surface area contributed by atoms with Crippen molar-refractivity contribution in [2.45, 2.75) is 35.6 Å². The SMILES string of the molecule is CC(C)(N)CCN1Sc2ccccc2S1=O. The van der Waals surface area contributed by atoms with Crippen LogP contribution in [0.5, 0.6) is 0 Å². The van der Waals surface area contributed by atoms with Crippen LogP contribution in [-0.4, -0.2) is 20.0 Å². The third kappa shape index (κ3) is 2.66. The molecule has 88 valence electrons. The summed E-state index contributed by atoms with van der Waals surface area (Å²) in [5.41, 5.74) is 5.72. The summed E-state index contributed by atoms with van der Waals surface area (Å²) in [5.74, 6) is 0. The largest absolute Gasteiger partial charge is 0.326 e. The maximum absolute atomic E-state index is 12.1. The minimum atomic E-state index is -1.03. The normalized spacial score (nSPS) is 21.1. The molecular formula is C11H16N2OS2. The highest BCUT2D eigenvalue weighted by Crippen LogP contribution is 2.39. The van der Waals surface area contributed by atoms with Crippen molar-refractivity contribution in [3.05, 3.63) is 24.3 Å². The van der Waals surface area contributed by atoms with Crippen LogP contribution in [0.3, 0.4) is 0 Å². The van der Waals surface area contributed by atoms with E-state index in [1.807, 2.05) is 41.8 Å². The average molecular weight is 256 g/mol. The second-order valence-electron chi connectivity index (χ2n) is 4.58. The van der Waals surface area contributed by atoms with Crippen molar-refractivity contribution in [1.82, 2.24) is 3.71 Å². The van der Waals surface area contributed by atoms with E-state index in [9.17, 15) is 4.21 Å². The molecule has 0 aromatic heterocycles. The van der Waals surface area contributed by atoms with Gasteiger partial charge in [-0.15, -0.1) is 0 Å². The molecule has 0 radical (unpaired) electrons. The molecule has 3 nitrogen and oxygen atoms in total. The molecule has 0 bridgehead atoms. The number of fused-ring (bicyclic) bond motifs is 1. The molecule has 5 heteroatoms. The van der Waals surface area contributed by atoms with Gasteiger partial charge in [-0.2, -0.15) is 3.71 Å². The molecule has 2 N–H and O–H groups in total. The molecule has 1 aromatic rings. The third-order valence-corrected chi connectivity index (χ3v) is 5.34. The van der Waals surface area contributed by atoms with E-state index in [-0.39, 0.29) is 5.54 Å². The summed E-state index contributed by atoms with van der Waals surface area (Å²) in [6.07, 6.45) is 0.833. The van der Waals surface area contributed by atoms with Crippen molar-refractivity contribution in [3.8, 4) is 0 Å². The van der Waals surface area contributed by atoms with Gasteiger partial charge in [0, 0.05) is 17.0 Å². The number of hydrogen-bond acceptors (Lipinski definition) is 3. The van der Waals surface area contributed by atoms with Crippen LogP contribution >= 0.6 is 11.9 Å². The zero-order valence-corrected chi connectivity index (χ0v) is 11.1. The van der Waals surface area contributed by atoms with E-state index in [0.717, 1.165) is 22.8 Å². The number of benzene rings is 1. The zero-order chi connectivity index (χ0) is 11.8. The first-order valence-corrected chi connectivity index (χ1v) is 7.11. The number of nitrogens with zero attached hydrogens (tertiary/aromatic N) is 1. The fraction of sp³-hybridized carbons (Fsp3) is 0.455. The van der Waals surface area contributed by atoms with Crippen LogP contribution in [0.25, 0.3) is 0 Å². The maximum Gasteiger partial charge on any atom is 0.139 e. The molecule has 1 aromatic carbocycles. The number of nitrogens with two attached hydrogens (primary N) is 1. The number of hydrogen-bond donors (Lipinski definition) is 1. The molecule has 2 rings (SSSR count). The quantitative estimate of drug-likeness (QED) is 0.843. The van der Waals surface area contributed by atoms with Gasteiger partial charge in [-0.1, -0.05) is 12.1 Å². The third-order valence-electron chi connectivity index (χ3n) is 2.36. The van der Waals surface area contributed by atoms with Gasteiger partial charge in [0.05, 0.1) is 4.90 Å². The van der Waals surface area contributed by atoms with Crippen LogP contribution in [0.15, 0.2) is 34.1 Å². The van der Waals surface area contributed by atoms with Crippen LogP contribution < -0.4 is 5.73 Å². The topological polar surface area (TPSA) is 46.3 Å². The molecule has 0 saturated carbocycles. The Bertz CT molecular complexity index is 415. The number of rotatable bonds is 3. The molecule has 0 amide bonds. The summed E-state index contributed by atoms with van der Waals surface area (Å²) >= 11 is 1.56. The van der Waals surface area contributed by atoms with Crippen molar-refractivity contribution >= 4 is 22.9 Å². The lowest BCUT2D eigenvalue weighted by Gasteiger charge is -2.21. The molecule has 1 atom stereocenters. The fourth-order valence-corrected chi connectivity index (χ4v) is 4.12. The first kappa shape index (κ1) is 12.1. The molecule has 0 saturated heterocycles. The molecule has 0 fully saturated rings. The van der Waals surface area contributed by atoms with Crippen molar-refractivity contribution in [3.63, 3.8) is 0 Å². The van der Waals surface area contributed by atoms with E-state index in [0.29, 0.717) is 0 Å². The van der Waals surface area contributed by atoms with Crippen molar-refractivity contribution in [2.75, 3.05) is 6.54 Å². The van der Waals surface area contributed by atoms with E-state index in [1.54, 1.807) is 11.9 Å². The lowest BCUT2D eigenvalue weighted by atomic mass is 10.0. The molecular weight excluding hydrogens is 240 g/mol. The monoisotopic (exact) mass is 256 g/mol. The van der Waals surface area contributed by atoms with Crippen LogP contribution in [0.4, 0.5) is 0 Å². The Labute approximate surface area is 103 Å². The molecule has 1 unspecified atom stereocenters. The lowest BCUT2D eigenvalue weighted by Crippen LogP contribution is -2.35. The van der Waals surface area contributed by atoms with Crippen LogP contribution in [0, 0.1) is 0 Å². The molecule has 1 heterocycles. The Hall–Kier alpha value is -0.360. The van der Waals surface area contributed by atoms with Gasteiger partial charge in [-0.25, -0.2) is 4.21 Å². The second kappa shape index (κ2) is 4.49. The van der Waals surface area contributed by atoms with Gasteiger partial charge in [0.1, 0.15) is 11.0 Å². The van der Waals surface area contributed by atoms with Crippen LogP contribution in [-0.2, 0) is 11.0 Å². The second-order valence-corrected chi connectivity index (χ2v) is 7.26. The Morgan fingerprint density at radius 3 is 2.75 bits per heavy atom. The van der Waals surface area contributed by atoms with E-state index in [4.69, 9.17) is 5.73 Å². The Morgan fingerprint density at radius 2 is 2.12 bits per heavy atom. The van der Waals surface area contributed by atoms with E-state index in [2.05, 4.69) is 0 Å². The summed E-state index contributed by atoms with van der Waals surface area (Å²) in [4.78, 5) is 2.01.